The van der Waals surface area contributed by atoms with Gasteiger partial charge in [0.2, 0.25) is 5.91 Å². The number of rotatable bonds is 8. The predicted molar refractivity (Wildman–Crippen MR) is 122 cm³/mol. The molecular formula is C20H33IN4O2. The first kappa shape index (κ1) is 23.7. The average Bonchev–Trinajstić information content (AvgIpc) is 2.56. The third-order valence-electron chi connectivity index (χ3n) is 4.67. The Morgan fingerprint density at radius 2 is 2.04 bits per heavy atom. The average molecular weight is 488 g/mol. The van der Waals surface area contributed by atoms with Crippen molar-refractivity contribution in [2.75, 3.05) is 25.5 Å². The van der Waals surface area contributed by atoms with Gasteiger partial charge in [-0.1, -0.05) is 18.6 Å². The molecule has 1 aromatic carbocycles. The topological polar surface area (TPSA) is 74.8 Å². The summed E-state index contributed by atoms with van der Waals surface area (Å²) < 4.78 is 5.43. The fraction of sp³-hybridized carbons (Fsp3) is 0.600. The maximum absolute atomic E-state index is 12.1. The van der Waals surface area contributed by atoms with E-state index in [4.69, 9.17) is 4.74 Å². The van der Waals surface area contributed by atoms with Gasteiger partial charge in [-0.05, 0) is 51.3 Å². The fourth-order valence-electron chi connectivity index (χ4n) is 2.54. The first-order chi connectivity index (χ1) is 12.4. The van der Waals surface area contributed by atoms with E-state index in [9.17, 15) is 4.79 Å². The highest BCUT2D eigenvalue weighted by molar-refractivity contribution is 14.0. The van der Waals surface area contributed by atoms with Gasteiger partial charge in [-0.15, -0.1) is 24.0 Å². The zero-order valence-corrected chi connectivity index (χ0v) is 19.1. The lowest BCUT2D eigenvalue weighted by Gasteiger charge is -2.24. The molecule has 0 saturated heterocycles. The molecule has 0 aliphatic heterocycles. The lowest BCUT2D eigenvalue weighted by Crippen LogP contribution is -2.45. The van der Waals surface area contributed by atoms with Gasteiger partial charge in [0.05, 0.1) is 12.1 Å². The van der Waals surface area contributed by atoms with Gasteiger partial charge in [-0.3, -0.25) is 4.79 Å². The maximum atomic E-state index is 12.1. The molecule has 0 spiro atoms. The number of carbonyl (C=O) groups is 1. The van der Waals surface area contributed by atoms with Gasteiger partial charge in [-0.25, -0.2) is 4.99 Å². The van der Waals surface area contributed by atoms with Gasteiger partial charge in [0.15, 0.2) is 5.96 Å². The molecule has 1 saturated carbocycles. The minimum absolute atomic E-state index is 0. The van der Waals surface area contributed by atoms with Gasteiger partial charge in [-0.2, -0.15) is 0 Å². The van der Waals surface area contributed by atoms with Gasteiger partial charge in [0, 0.05) is 31.8 Å². The van der Waals surface area contributed by atoms with Crippen molar-refractivity contribution < 1.29 is 9.53 Å². The molecule has 0 heterocycles. The minimum atomic E-state index is -0.262. The standard InChI is InChI=1S/C20H32N4O2.HI/c1-5-21-19(23-14-20(2,3)26-4)22-13-15-8-6-11-17(12-15)24-18(25)16-9-7-10-16;/h6,8,11-12,16H,5,7,9-10,13-14H2,1-4H3,(H,24,25)(H2,21,22,23);1H. The molecule has 1 fully saturated rings. The number of anilines is 1. The van der Waals surface area contributed by atoms with Crippen molar-refractivity contribution in [3.63, 3.8) is 0 Å². The molecule has 3 N–H and O–H groups in total. The van der Waals surface area contributed by atoms with Gasteiger partial charge < -0.3 is 20.7 Å². The largest absolute Gasteiger partial charge is 0.377 e. The number of halogens is 1. The number of amides is 1. The van der Waals surface area contributed by atoms with E-state index in [-0.39, 0.29) is 41.4 Å². The molecule has 2 rings (SSSR count). The third-order valence-corrected chi connectivity index (χ3v) is 4.67. The Balaban J connectivity index is 0.00000364. The molecule has 1 amide bonds. The molecule has 1 aromatic rings. The van der Waals surface area contributed by atoms with Crippen LogP contribution in [0.25, 0.3) is 0 Å². The monoisotopic (exact) mass is 488 g/mol. The second kappa shape index (κ2) is 11.5. The molecule has 152 valence electrons. The van der Waals surface area contributed by atoms with Crippen molar-refractivity contribution in [1.82, 2.24) is 10.6 Å². The third kappa shape index (κ3) is 8.04. The normalized spacial score (nSPS) is 14.7. The van der Waals surface area contributed by atoms with Crippen molar-refractivity contribution in [3.8, 4) is 0 Å². The molecule has 0 unspecified atom stereocenters. The number of hydrogen-bond donors (Lipinski definition) is 3. The zero-order valence-electron chi connectivity index (χ0n) is 16.8. The molecular weight excluding hydrogens is 455 g/mol. The second-order valence-electron chi connectivity index (χ2n) is 7.33. The fourth-order valence-corrected chi connectivity index (χ4v) is 2.54. The van der Waals surface area contributed by atoms with Crippen molar-refractivity contribution in [1.29, 1.82) is 0 Å². The highest BCUT2D eigenvalue weighted by atomic mass is 127. The Morgan fingerprint density at radius 1 is 1.30 bits per heavy atom. The number of benzene rings is 1. The minimum Gasteiger partial charge on any atom is -0.377 e. The number of nitrogens with one attached hydrogen (secondary N) is 3. The Labute approximate surface area is 179 Å². The maximum Gasteiger partial charge on any atom is 0.227 e. The highest BCUT2D eigenvalue weighted by Gasteiger charge is 2.25. The van der Waals surface area contributed by atoms with Crippen LogP contribution in [0.2, 0.25) is 0 Å². The Morgan fingerprint density at radius 3 is 2.63 bits per heavy atom. The summed E-state index contributed by atoms with van der Waals surface area (Å²) in [5, 5.41) is 9.56. The van der Waals surface area contributed by atoms with Gasteiger partial charge in [0.1, 0.15) is 0 Å². The van der Waals surface area contributed by atoms with Crippen LogP contribution in [-0.2, 0) is 16.1 Å². The molecule has 0 aromatic heterocycles. The summed E-state index contributed by atoms with van der Waals surface area (Å²) in [5.41, 5.74) is 1.63. The van der Waals surface area contributed by atoms with Crippen LogP contribution in [-0.4, -0.2) is 37.7 Å². The smallest absolute Gasteiger partial charge is 0.227 e. The lowest BCUT2D eigenvalue weighted by atomic mass is 9.85. The highest BCUT2D eigenvalue weighted by Crippen LogP contribution is 2.27. The summed E-state index contributed by atoms with van der Waals surface area (Å²) in [6.45, 7) is 8.07. The summed E-state index contributed by atoms with van der Waals surface area (Å²) in [7, 11) is 1.70. The first-order valence-electron chi connectivity index (χ1n) is 9.40. The number of ether oxygens (including phenoxy) is 1. The summed E-state index contributed by atoms with van der Waals surface area (Å²) in [6, 6.07) is 7.89. The quantitative estimate of drug-likeness (QED) is 0.298. The van der Waals surface area contributed by atoms with E-state index in [0.29, 0.717) is 13.1 Å². The van der Waals surface area contributed by atoms with Crippen LogP contribution in [0.4, 0.5) is 5.69 Å². The molecule has 7 heteroatoms. The molecule has 6 nitrogen and oxygen atoms in total. The van der Waals surface area contributed by atoms with Crippen molar-refractivity contribution in [3.05, 3.63) is 29.8 Å². The van der Waals surface area contributed by atoms with Crippen LogP contribution in [0.15, 0.2) is 29.3 Å². The number of nitrogens with zero attached hydrogens (tertiary/aromatic N) is 1. The number of aliphatic imine (C=N–C) groups is 1. The van der Waals surface area contributed by atoms with Gasteiger partial charge in [0.25, 0.3) is 0 Å². The molecule has 1 aliphatic rings. The number of guanidine groups is 1. The SMILES string of the molecule is CCNC(=NCc1cccc(NC(=O)C2CCC2)c1)NCC(C)(C)OC.I. The van der Waals surface area contributed by atoms with E-state index in [0.717, 1.165) is 43.0 Å². The molecule has 1 aliphatic carbocycles. The summed E-state index contributed by atoms with van der Waals surface area (Å²) in [5.74, 6) is 1.07. The van der Waals surface area contributed by atoms with E-state index in [2.05, 4.69) is 20.9 Å². The lowest BCUT2D eigenvalue weighted by molar-refractivity contribution is -0.122. The summed E-state index contributed by atoms with van der Waals surface area (Å²) >= 11 is 0. The molecule has 27 heavy (non-hydrogen) atoms. The van der Waals surface area contributed by atoms with Crippen molar-refractivity contribution in [2.24, 2.45) is 10.9 Å². The molecule has 0 bridgehead atoms. The van der Waals surface area contributed by atoms with Gasteiger partial charge >= 0.3 is 0 Å². The van der Waals surface area contributed by atoms with Crippen LogP contribution in [0, 0.1) is 5.92 Å². The van der Waals surface area contributed by atoms with E-state index >= 15 is 0 Å². The van der Waals surface area contributed by atoms with Crippen LogP contribution >= 0.6 is 24.0 Å². The number of carbonyl (C=O) groups excluding carboxylic acids is 1. The zero-order chi connectivity index (χ0) is 19.0. The number of methoxy groups -OCH3 is 1. The Kier molecular flexibility index (Phi) is 10.1. The van der Waals surface area contributed by atoms with Crippen LogP contribution in [0.1, 0.15) is 45.6 Å². The van der Waals surface area contributed by atoms with E-state index in [1.54, 1.807) is 7.11 Å². The summed E-state index contributed by atoms with van der Waals surface area (Å²) in [6.07, 6.45) is 3.17. The number of hydrogen-bond acceptors (Lipinski definition) is 3. The molecule has 0 atom stereocenters. The van der Waals surface area contributed by atoms with Crippen LogP contribution in [0.5, 0.6) is 0 Å². The first-order valence-corrected chi connectivity index (χ1v) is 9.40. The Bertz CT molecular complexity index is 630. The Hall–Kier alpha value is -1.35. The van der Waals surface area contributed by atoms with Crippen molar-refractivity contribution in [2.45, 2.75) is 52.2 Å². The summed E-state index contributed by atoms with van der Waals surface area (Å²) in [4.78, 5) is 16.7. The van der Waals surface area contributed by atoms with E-state index in [1.165, 1.54) is 0 Å². The molecule has 0 radical (unpaired) electrons. The van der Waals surface area contributed by atoms with E-state index < -0.39 is 0 Å². The van der Waals surface area contributed by atoms with Crippen LogP contribution in [0.3, 0.4) is 0 Å². The van der Waals surface area contributed by atoms with Crippen molar-refractivity contribution >= 4 is 41.5 Å². The second-order valence-corrected chi connectivity index (χ2v) is 7.33. The predicted octanol–water partition coefficient (Wildman–Crippen LogP) is 3.52. The van der Waals surface area contributed by atoms with Crippen LogP contribution < -0.4 is 16.0 Å². The van der Waals surface area contributed by atoms with E-state index in [1.807, 2.05) is 45.0 Å².